The molecule has 3 aromatic rings. The van der Waals surface area contributed by atoms with Crippen LogP contribution in [0, 0.1) is 0 Å². The van der Waals surface area contributed by atoms with Gasteiger partial charge in [0.05, 0.1) is 18.2 Å². The molecule has 0 spiro atoms. The molecule has 7 heteroatoms. The molecule has 3 aromatic carbocycles. The Labute approximate surface area is 210 Å². The molecule has 0 aliphatic carbocycles. The second-order valence-corrected chi connectivity index (χ2v) is 8.77. The number of aromatic carboxylic acids is 1. The lowest BCUT2D eigenvalue weighted by molar-refractivity contribution is -0.154. The first kappa shape index (κ1) is 26.6. The largest absolute Gasteiger partial charge is 0.478 e. The first-order chi connectivity index (χ1) is 17.2. The van der Waals surface area contributed by atoms with Gasteiger partial charge < -0.3 is 20.3 Å². The summed E-state index contributed by atoms with van der Waals surface area (Å²) in [6.45, 7) is 5.73. The van der Waals surface area contributed by atoms with E-state index in [1.807, 2.05) is 50.2 Å². The van der Waals surface area contributed by atoms with Crippen LogP contribution in [0.2, 0.25) is 0 Å². The minimum atomic E-state index is -1.56. The molecule has 3 rings (SSSR count). The molecule has 2 unspecified atom stereocenters. The predicted octanol–water partition coefficient (Wildman–Crippen LogP) is 4.44. The van der Waals surface area contributed by atoms with Gasteiger partial charge in [-0.1, -0.05) is 68.4 Å². The summed E-state index contributed by atoms with van der Waals surface area (Å²) in [5.74, 6) is -2.29. The van der Waals surface area contributed by atoms with E-state index in [1.54, 1.807) is 37.3 Å². The van der Waals surface area contributed by atoms with E-state index < -0.39 is 30.0 Å². The number of rotatable bonds is 10. The van der Waals surface area contributed by atoms with Gasteiger partial charge in [-0.2, -0.15) is 0 Å². The van der Waals surface area contributed by atoms with E-state index in [9.17, 15) is 24.6 Å². The van der Waals surface area contributed by atoms with Crippen LogP contribution in [0.1, 0.15) is 58.5 Å². The Morgan fingerprint density at radius 1 is 0.917 bits per heavy atom. The number of carboxylic acids is 1. The maximum Gasteiger partial charge on any atom is 0.337 e. The monoisotopic (exact) mass is 489 g/mol. The molecular weight excluding hydrogens is 458 g/mol. The standard InChI is InChI=1S/C29H31NO6/c1-4-36-29(35)26(31)25(16-19-10-6-5-7-11-19)30-27(32)20-14-15-21(18(2)3)24(17-20)22-12-8-9-13-23(22)28(33)34/h5-15,17-18,25-26,31H,4,16H2,1-3H3,(H,30,32)(H,33,34). The number of carbonyl (C=O) groups excluding carboxylic acids is 2. The van der Waals surface area contributed by atoms with Gasteiger partial charge in [-0.05, 0) is 59.7 Å². The van der Waals surface area contributed by atoms with Crippen molar-refractivity contribution in [2.24, 2.45) is 0 Å². The Hall–Kier alpha value is -3.97. The second kappa shape index (κ2) is 12.1. The highest BCUT2D eigenvalue weighted by atomic mass is 16.5. The van der Waals surface area contributed by atoms with E-state index in [2.05, 4.69) is 5.32 Å². The van der Waals surface area contributed by atoms with Crippen molar-refractivity contribution in [2.75, 3.05) is 6.61 Å². The molecule has 0 aliphatic heterocycles. The molecule has 0 bridgehead atoms. The number of hydrogen-bond acceptors (Lipinski definition) is 5. The highest BCUT2D eigenvalue weighted by molar-refractivity contribution is 5.99. The summed E-state index contributed by atoms with van der Waals surface area (Å²) in [6, 6.07) is 20.1. The summed E-state index contributed by atoms with van der Waals surface area (Å²) in [5, 5.41) is 23.1. The van der Waals surface area contributed by atoms with Gasteiger partial charge in [0.1, 0.15) is 0 Å². The molecule has 1 amide bonds. The number of ether oxygens (including phenoxy) is 1. The Balaban J connectivity index is 1.98. The smallest absolute Gasteiger partial charge is 0.337 e. The highest BCUT2D eigenvalue weighted by Crippen LogP contribution is 2.32. The Kier molecular flexibility index (Phi) is 8.97. The summed E-state index contributed by atoms with van der Waals surface area (Å²) in [5.41, 5.74) is 3.29. The van der Waals surface area contributed by atoms with Gasteiger partial charge in [0, 0.05) is 5.56 Å². The van der Waals surface area contributed by atoms with Gasteiger partial charge in [0.2, 0.25) is 0 Å². The van der Waals surface area contributed by atoms with Gasteiger partial charge in [-0.3, -0.25) is 4.79 Å². The van der Waals surface area contributed by atoms with Crippen molar-refractivity contribution in [3.05, 3.63) is 95.1 Å². The second-order valence-electron chi connectivity index (χ2n) is 8.77. The van der Waals surface area contributed by atoms with Crippen LogP contribution in [0.25, 0.3) is 11.1 Å². The predicted molar refractivity (Wildman–Crippen MR) is 137 cm³/mol. The normalized spacial score (nSPS) is 12.6. The van der Waals surface area contributed by atoms with Crippen molar-refractivity contribution < 1.29 is 29.3 Å². The zero-order chi connectivity index (χ0) is 26.2. The molecular formula is C29H31NO6. The molecule has 0 radical (unpaired) electrons. The number of aliphatic hydroxyl groups is 1. The summed E-state index contributed by atoms with van der Waals surface area (Å²) >= 11 is 0. The van der Waals surface area contributed by atoms with E-state index in [0.717, 1.165) is 11.1 Å². The fraction of sp³-hybridized carbons (Fsp3) is 0.276. The third-order valence-corrected chi connectivity index (χ3v) is 5.91. The van der Waals surface area contributed by atoms with Crippen LogP contribution in [-0.4, -0.2) is 46.8 Å². The average molecular weight is 490 g/mol. The minimum Gasteiger partial charge on any atom is -0.478 e. The lowest BCUT2D eigenvalue weighted by Crippen LogP contribution is -2.48. The van der Waals surface area contributed by atoms with Crippen molar-refractivity contribution in [3.63, 3.8) is 0 Å². The first-order valence-electron chi connectivity index (χ1n) is 11.9. The third-order valence-electron chi connectivity index (χ3n) is 5.91. The van der Waals surface area contributed by atoms with Crippen LogP contribution in [0.15, 0.2) is 72.8 Å². The Bertz CT molecular complexity index is 1220. The number of benzene rings is 3. The highest BCUT2D eigenvalue weighted by Gasteiger charge is 2.29. The SMILES string of the molecule is CCOC(=O)C(O)C(Cc1ccccc1)NC(=O)c1ccc(C(C)C)c(-c2ccccc2C(=O)O)c1. The van der Waals surface area contributed by atoms with E-state index in [-0.39, 0.29) is 30.1 Å². The Morgan fingerprint density at radius 3 is 2.22 bits per heavy atom. The molecule has 0 aromatic heterocycles. The van der Waals surface area contributed by atoms with Crippen LogP contribution >= 0.6 is 0 Å². The number of carboxylic acid groups (broad SMARTS) is 1. The summed E-state index contributed by atoms with van der Waals surface area (Å²) < 4.78 is 4.97. The van der Waals surface area contributed by atoms with Crippen LogP contribution in [0.5, 0.6) is 0 Å². The van der Waals surface area contributed by atoms with Crippen molar-refractivity contribution in [1.29, 1.82) is 0 Å². The first-order valence-corrected chi connectivity index (χ1v) is 11.9. The Morgan fingerprint density at radius 2 is 1.58 bits per heavy atom. The summed E-state index contributed by atoms with van der Waals surface area (Å²) in [6.07, 6.45) is -1.35. The van der Waals surface area contributed by atoms with Crippen LogP contribution in [0.4, 0.5) is 0 Å². The maximum atomic E-state index is 13.3. The van der Waals surface area contributed by atoms with Crippen molar-refractivity contribution in [3.8, 4) is 11.1 Å². The number of amides is 1. The van der Waals surface area contributed by atoms with Crippen molar-refractivity contribution in [2.45, 2.75) is 45.3 Å². The van der Waals surface area contributed by atoms with Gasteiger partial charge >= 0.3 is 11.9 Å². The van der Waals surface area contributed by atoms with Crippen LogP contribution in [0.3, 0.4) is 0 Å². The van der Waals surface area contributed by atoms with Crippen LogP contribution < -0.4 is 5.32 Å². The quantitative estimate of drug-likeness (QED) is 0.363. The number of esters is 1. The number of aliphatic hydroxyl groups excluding tert-OH is 1. The summed E-state index contributed by atoms with van der Waals surface area (Å²) in [7, 11) is 0. The minimum absolute atomic E-state index is 0.0791. The zero-order valence-corrected chi connectivity index (χ0v) is 20.6. The summed E-state index contributed by atoms with van der Waals surface area (Å²) in [4.78, 5) is 37.5. The lowest BCUT2D eigenvalue weighted by Gasteiger charge is -2.24. The zero-order valence-electron chi connectivity index (χ0n) is 20.6. The topological polar surface area (TPSA) is 113 Å². The van der Waals surface area contributed by atoms with Crippen LogP contribution in [-0.2, 0) is 16.0 Å². The van der Waals surface area contributed by atoms with Gasteiger partial charge in [0.15, 0.2) is 6.10 Å². The molecule has 0 saturated heterocycles. The number of carbonyl (C=O) groups is 3. The van der Waals surface area contributed by atoms with Gasteiger partial charge in [-0.15, -0.1) is 0 Å². The maximum absolute atomic E-state index is 13.3. The third kappa shape index (κ3) is 6.37. The average Bonchev–Trinajstić information content (AvgIpc) is 2.88. The molecule has 0 aliphatic rings. The molecule has 36 heavy (non-hydrogen) atoms. The fourth-order valence-corrected chi connectivity index (χ4v) is 4.09. The van der Waals surface area contributed by atoms with E-state index >= 15 is 0 Å². The molecule has 0 saturated carbocycles. The van der Waals surface area contributed by atoms with Gasteiger partial charge in [-0.25, -0.2) is 9.59 Å². The molecule has 2 atom stereocenters. The molecule has 0 heterocycles. The number of nitrogens with one attached hydrogen (secondary N) is 1. The van der Waals surface area contributed by atoms with Gasteiger partial charge in [0.25, 0.3) is 5.91 Å². The molecule has 3 N–H and O–H groups in total. The van der Waals surface area contributed by atoms with E-state index in [4.69, 9.17) is 4.74 Å². The fourth-order valence-electron chi connectivity index (χ4n) is 4.09. The van der Waals surface area contributed by atoms with E-state index in [1.165, 1.54) is 6.07 Å². The van der Waals surface area contributed by atoms with Crippen molar-refractivity contribution >= 4 is 17.8 Å². The lowest BCUT2D eigenvalue weighted by atomic mass is 9.88. The molecule has 7 nitrogen and oxygen atoms in total. The number of hydrogen-bond donors (Lipinski definition) is 3. The molecule has 188 valence electrons. The van der Waals surface area contributed by atoms with E-state index in [0.29, 0.717) is 11.1 Å². The molecule has 0 fully saturated rings. The van der Waals surface area contributed by atoms with Crippen molar-refractivity contribution in [1.82, 2.24) is 5.32 Å².